The van der Waals surface area contributed by atoms with Gasteiger partial charge in [-0.2, -0.15) is 13.2 Å². The lowest BCUT2D eigenvalue weighted by Crippen LogP contribution is -2.35. The van der Waals surface area contributed by atoms with E-state index in [0.717, 1.165) is 22.2 Å². The molecule has 24 heavy (non-hydrogen) atoms. The second-order valence-electron chi connectivity index (χ2n) is 5.42. The standard InChI is InChI=1S/C16H11BrClF3N2O/c17-12-5-9-2-4-14(24)23(15(9)22-7-12)8-10-1-3-11(6-13(10)18)16(19,20)21/h1,3,5-7H,2,4,8H2. The summed E-state index contributed by atoms with van der Waals surface area (Å²) in [6.45, 7) is 0.0808. The van der Waals surface area contributed by atoms with E-state index in [2.05, 4.69) is 20.9 Å². The Bertz CT molecular complexity index is 810. The molecule has 3 rings (SSSR count). The van der Waals surface area contributed by atoms with Gasteiger partial charge in [0.05, 0.1) is 12.1 Å². The van der Waals surface area contributed by atoms with E-state index in [0.29, 0.717) is 24.2 Å². The van der Waals surface area contributed by atoms with Crippen LogP contribution >= 0.6 is 27.5 Å². The number of aromatic nitrogens is 1. The predicted molar refractivity (Wildman–Crippen MR) is 87.9 cm³/mol. The molecule has 0 unspecified atom stereocenters. The second-order valence-corrected chi connectivity index (χ2v) is 6.74. The summed E-state index contributed by atoms with van der Waals surface area (Å²) in [5.74, 6) is 0.388. The van der Waals surface area contributed by atoms with Crippen molar-refractivity contribution >= 4 is 39.3 Å². The number of hydrogen-bond acceptors (Lipinski definition) is 2. The first kappa shape index (κ1) is 17.2. The van der Waals surface area contributed by atoms with Gasteiger partial charge in [-0.25, -0.2) is 4.98 Å². The van der Waals surface area contributed by atoms with Gasteiger partial charge < -0.3 is 0 Å². The lowest BCUT2D eigenvalue weighted by atomic mass is 10.0. The maximum atomic E-state index is 12.7. The van der Waals surface area contributed by atoms with Crippen molar-refractivity contribution in [1.82, 2.24) is 4.98 Å². The SMILES string of the molecule is O=C1CCc2cc(Br)cnc2N1Cc1ccc(C(F)(F)F)cc1Cl. The lowest BCUT2D eigenvalue weighted by Gasteiger charge is -2.28. The largest absolute Gasteiger partial charge is 0.416 e. The zero-order valence-electron chi connectivity index (χ0n) is 12.2. The van der Waals surface area contributed by atoms with Crippen molar-refractivity contribution in [1.29, 1.82) is 0 Å². The quantitative estimate of drug-likeness (QED) is 0.687. The van der Waals surface area contributed by atoms with Crippen molar-refractivity contribution in [2.75, 3.05) is 4.90 Å². The van der Waals surface area contributed by atoms with E-state index in [1.165, 1.54) is 11.0 Å². The van der Waals surface area contributed by atoms with Gasteiger partial charge in [0.1, 0.15) is 5.82 Å². The van der Waals surface area contributed by atoms with Crippen LogP contribution in [-0.4, -0.2) is 10.9 Å². The summed E-state index contributed by atoms with van der Waals surface area (Å²) in [6, 6.07) is 5.02. The molecule has 0 fully saturated rings. The van der Waals surface area contributed by atoms with Gasteiger partial charge >= 0.3 is 6.18 Å². The van der Waals surface area contributed by atoms with Crippen LogP contribution in [0.1, 0.15) is 23.1 Å². The minimum atomic E-state index is -4.45. The molecule has 1 aliphatic heterocycles. The Morgan fingerprint density at radius 1 is 1.25 bits per heavy atom. The molecule has 1 aromatic carbocycles. The number of nitrogens with zero attached hydrogens (tertiary/aromatic N) is 2. The van der Waals surface area contributed by atoms with Crippen LogP contribution in [0.3, 0.4) is 0 Å². The molecule has 3 nitrogen and oxygen atoms in total. The molecule has 0 N–H and O–H groups in total. The van der Waals surface area contributed by atoms with Crippen molar-refractivity contribution in [3.63, 3.8) is 0 Å². The summed E-state index contributed by atoms with van der Waals surface area (Å²) in [5, 5.41) is -0.0261. The molecule has 0 atom stereocenters. The van der Waals surface area contributed by atoms with Crippen molar-refractivity contribution in [3.05, 3.63) is 56.6 Å². The van der Waals surface area contributed by atoms with Gasteiger partial charge in [-0.05, 0) is 51.7 Å². The summed E-state index contributed by atoms with van der Waals surface area (Å²) in [6.07, 6.45) is -1.97. The minimum Gasteiger partial charge on any atom is -0.292 e. The third-order valence-corrected chi connectivity index (χ3v) is 4.57. The van der Waals surface area contributed by atoms with Gasteiger partial charge in [0, 0.05) is 22.1 Å². The van der Waals surface area contributed by atoms with E-state index in [9.17, 15) is 18.0 Å². The van der Waals surface area contributed by atoms with Crippen LogP contribution in [0.2, 0.25) is 5.02 Å². The number of aryl methyl sites for hydroxylation is 1. The first-order valence-electron chi connectivity index (χ1n) is 7.06. The molecule has 1 aliphatic rings. The summed E-state index contributed by atoms with van der Waals surface area (Å²) in [5.41, 5.74) is 0.534. The van der Waals surface area contributed by atoms with Gasteiger partial charge in [-0.3, -0.25) is 9.69 Å². The minimum absolute atomic E-state index is 0.0261. The number of benzene rings is 1. The Balaban J connectivity index is 1.93. The van der Waals surface area contributed by atoms with Crippen molar-refractivity contribution in [2.45, 2.75) is 25.6 Å². The van der Waals surface area contributed by atoms with E-state index < -0.39 is 11.7 Å². The predicted octanol–water partition coefficient (Wildman–Crippen LogP) is 5.00. The summed E-state index contributed by atoms with van der Waals surface area (Å²) < 4.78 is 39.0. The van der Waals surface area contributed by atoms with E-state index in [1.807, 2.05) is 6.07 Å². The topological polar surface area (TPSA) is 33.2 Å². The third kappa shape index (κ3) is 3.42. The Morgan fingerprint density at radius 3 is 2.67 bits per heavy atom. The molecule has 2 heterocycles. The molecule has 0 saturated heterocycles. The molecule has 2 aromatic rings. The lowest BCUT2D eigenvalue weighted by molar-refractivity contribution is -0.137. The van der Waals surface area contributed by atoms with Gasteiger partial charge in [-0.1, -0.05) is 17.7 Å². The van der Waals surface area contributed by atoms with Crippen LogP contribution in [-0.2, 0) is 23.9 Å². The molecule has 0 aliphatic carbocycles. The van der Waals surface area contributed by atoms with Crippen LogP contribution < -0.4 is 4.90 Å². The molecule has 0 bridgehead atoms. The van der Waals surface area contributed by atoms with Gasteiger partial charge in [0.25, 0.3) is 0 Å². The monoisotopic (exact) mass is 418 g/mol. The molecule has 8 heteroatoms. The average molecular weight is 420 g/mol. The first-order valence-corrected chi connectivity index (χ1v) is 8.23. The van der Waals surface area contributed by atoms with Crippen LogP contribution in [0.25, 0.3) is 0 Å². The highest BCUT2D eigenvalue weighted by molar-refractivity contribution is 9.10. The number of halogens is 5. The number of carbonyl (C=O) groups is 1. The Hall–Kier alpha value is -1.60. The zero-order valence-corrected chi connectivity index (χ0v) is 14.5. The van der Waals surface area contributed by atoms with E-state index in [4.69, 9.17) is 11.6 Å². The molecular formula is C16H11BrClF3N2O. The van der Waals surface area contributed by atoms with Crippen molar-refractivity contribution in [2.24, 2.45) is 0 Å². The maximum Gasteiger partial charge on any atom is 0.416 e. The number of fused-ring (bicyclic) bond motifs is 1. The maximum absolute atomic E-state index is 12.7. The number of rotatable bonds is 2. The van der Waals surface area contributed by atoms with E-state index in [-0.39, 0.29) is 17.5 Å². The highest BCUT2D eigenvalue weighted by Crippen LogP contribution is 2.34. The molecule has 0 saturated carbocycles. The fourth-order valence-electron chi connectivity index (χ4n) is 2.58. The number of anilines is 1. The van der Waals surface area contributed by atoms with Crippen LogP contribution in [0.5, 0.6) is 0 Å². The first-order chi connectivity index (χ1) is 11.3. The molecule has 1 aromatic heterocycles. The van der Waals surface area contributed by atoms with E-state index in [1.54, 1.807) is 6.20 Å². The Labute approximate surface area is 149 Å². The Morgan fingerprint density at radius 2 is 2.00 bits per heavy atom. The third-order valence-electron chi connectivity index (χ3n) is 3.78. The fraction of sp³-hybridized carbons (Fsp3) is 0.250. The number of pyridine rings is 1. The molecule has 0 radical (unpaired) electrons. The van der Waals surface area contributed by atoms with Gasteiger partial charge in [0.2, 0.25) is 5.91 Å². The van der Waals surface area contributed by atoms with Gasteiger partial charge in [-0.15, -0.1) is 0 Å². The Kier molecular flexibility index (Phi) is 4.57. The molecule has 1 amide bonds. The smallest absolute Gasteiger partial charge is 0.292 e. The number of hydrogen-bond donors (Lipinski definition) is 0. The van der Waals surface area contributed by atoms with Crippen molar-refractivity contribution in [3.8, 4) is 0 Å². The van der Waals surface area contributed by atoms with Gasteiger partial charge in [0.15, 0.2) is 0 Å². The summed E-state index contributed by atoms with van der Waals surface area (Å²) >= 11 is 9.33. The zero-order chi connectivity index (χ0) is 17.5. The fourth-order valence-corrected chi connectivity index (χ4v) is 3.20. The van der Waals surface area contributed by atoms with Crippen LogP contribution in [0, 0.1) is 0 Å². The second kappa shape index (κ2) is 6.37. The molecular weight excluding hydrogens is 409 g/mol. The molecule has 0 spiro atoms. The van der Waals surface area contributed by atoms with Crippen LogP contribution in [0.4, 0.5) is 19.0 Å². The van der Waals surface area contributed by atoms with Crippen LogP contribution in [0.15, 0.2) is 34.9 Å². The molecule has 126 valence electrons. The van der Waals surface area contributed by atoms with Crippen molar-refractivity contribution < 1.29 is 18.0 Å². The summed E-state index contributed by atoms with van der Waals surface area (Å²) in [7, 11) is 0. The number of alkyl halides is 3. The highest BCUT2D eigenvalue weighted by atomic mass is 79.9. The number of amides is 1. The average Bonchev–Trinajstić information content (AvgIpc) is 2.50. The highest BCUT2D eigenvalue weighted by Gasteiger charge is 2.31. The normalized spacial score (nSPS) is 14.7. The number of carbonyl (C=O) groups excluding carboxylic acids is 1. The van der Waals surface area contributed by atoms with E-state index >= 15 is 0 Å². The summed E-state index contributed by atoms with van der Waals surface area (Å²) in [4.78, 5) is 18.0.